The molecule has 1 amide bonds. The van der Waals surface area contributed by atoms with Gasteiger partial charge in [-0.05, 0) is 29.8 Å². The summed E-state index contributed by atoms with van der Waals surface area (Å²) in [5, 5.41) is 3.02. The van der Waals surface area contributed by atoms with Gasteiger partial charge in [0.2, 0.25) is 0 Å². The number of ether oxygens (including phenoxy) is 1. The third kappa shape index (κ3) is 1.99. The molecule has 1 N–H and O–H groups in total. The summed E-state index contributed by atoms with van der Waals surface area (Å²) in [6.07, 6.45) is -0.164. The first kappa shape index (κ1) is 12.5. The van der Waals surface area contributed by atoms with Gasteiger partial charge in [-0.2, -0.15) is 0 Å². The third-order valence-electron chi connectivity index (χ3n) is 3.62. The summed E-state index contributed by atoms with van der Waals surface area (Å²) >= 11 is 0. The number of rotatable bonds is 2. The zero-order chi connectivity index (χ0) is 14.1. The lowest BCUT2D eigenvalue weighted by atomic mass is 10.0. The molecule has 0 fully saturated rings. The molecule has 1 heterocycles. The number of amides is 1. The summed E-state index contributed by atoms with van der Waals surface area (Å²) in [4.78, 5) is 14.2. The molecule has 2 aromatic rings. The highest BCUT2D eigenvalue weighted by molar-refractivity contribution is 6.01. The minimum absolute atomic E-state index is 0.0421. The van der Waals surface area contributed by atoms with Crippen molar-refractivity contribution in [2.24, 2.45) is 0 Å². The Kier molecular flexibility index (Phi) is 3.06. The van der Waals surface area contributed by atoms with Crippen LogP contribution in [0.1, 0.15) is 22.1 Å². The summed E-state index contributed by atoms with van der Waals surface area (Å²) in [7, 11) is 3.62. The maximum atomic E-state index is 12.2. The van der Waals surface area contributed by atoms with E-state index in [2.05, 4.69) is 10.2 Å². The maximum absolute atomic E-state index is 12.2. The average Bonchev–Trinajstić information content (AvgIpc) is 2.51. The standard InChI is InChI=1S/C16H16N2O2/c1-18-14-6-4-3-5-13(14)16(19)17-15(18)11-7-9-12(20-2)10-8-11/h3-10,15H,1-2H3,(H,17,19)/t15-/m1/s1. The van der Waals surface area contributed by atoms with Crippen LogP contribution in [-0.4, -0.2) is 20.1 Å². The quantitative estimate of drug-likeness (QED) is 0.910. The number of carbonyl (C=O) groups excluding carboxylic acids is 1. The number of anilines is 1. The minimum atomic E-state index is -0.164. The Bertz CT molecular complexity index is 637. The molecule has 0 aromatic heterocycles. The number of methoxy groups -OCH3 is 1. The van der Waals surface area contributed by atoms with Crippen LogP contribution in [0.25, 0.3) is 0 Å². The molecule has 0 saturated carbocycles. The molecule has 1 aliphatic rings. The zero-order valence-electron chi connectivity index (χ0n) is 11.5. The van der Waals surface area contributed by atoms with Crippen LogP contribution in [0.4, 0.5) is 5.69 Å². The molecule has 0 aliphatic carbocycles. The van der Waals surface area contributed by atoms with E-state index in [1.807, 2.05) is 55.6 Å². The number of hydrogen-bond donors (Lipinski definition) is 1. The van der Waals surface area contributed by atoms with Crippen molar-refractivity contribution in [1.29, 1.82) is 0 Å². The Hall–Kier alpha value is -2.49. The van der Waals surface area contributed by atoms with Gasteiger partial charge in [-0.3, -0.25) is 4.79 Å². The first-order valence-electron chi connectivity index (χ1n) is 6.47. The fourth-order valence-electron chi connectivity index (χ4n) is 2.50. The number of nitrogens with zero attached hydrogens (tertiary/aromatic N) is 1. The van der Waals surface area contributed by atoms with Crippen molar-refractivity contribution in [3.63, 3.8) is 0 Å². The second-order valence-electron chi connectivity index (χ2n) is 4.78. The first-order valence-corrected chi connectivity index (χ1v) is 6.47. The van der Waals surface area contributed by atoms with Gasteiger partial charge in [-0.25, -0.2) is 0 Å². The molecule has 2 aromatic carbocycles. The number of hydrogen-bond acceptors (Lipinski definition) is 3. The summed E-state index contributed by atoms with van der Waals surface area (Å²) in [5.41, 5.74) is 2.67. The predicted octanol–water partition coefficient (Wildman–Crippen LogP) is 2.57. The molecule has 0 unspecified atom stereocenters. The van der Waals surface area contributed by atoms with Gasteiger partial charge in [-0.1, -0.05) is 24.3 Å². The van der Waals surface area contributed by atoms with Crippen molar-refractivity contribution in [2.45, 2.75) is 6.17 Å². The predicted molar refractivity (Wildman–Crippen MR) is 78.0 cm³/mol. The summed E-state index contributed by atoms with van der Waals surface area (Å²) in [6, 6.07) is 15.4. The van der Waals surface area contributed by atoms with Crippen molar-refractivity contribution in [3.05, 3.63) is 59.7 Å². The van der Waals surface area contributed by atoms with E-state index in [1.54, 1.807) is 7.11 Å². The lowest BCUT2D eigenvalue weighted by Crippen LogP contribution is -2.44. The van der Waals surface area contributed by atoms with Crippen molar-refractivity contribution in [3.8, 4) is 5.75 Å². The largest absolute Gasteiger partial charge is 0.497 e. The molecule has 1 aliphatic heterocycles. The normalized spacial score (nSPS) is 17.4. The van der Waals surface area contributed by atoms with Crippen LogP contribution >= 0.6 is 0 Å². The van der Waals surface area contributed by atoms with E-state index in [4.69, 9.17) is 4.74 Å². The van der Waals surface area contributed by atoms with Gasteiger partial charge in [0.1, 0.15) is 11.9 Å². The van der Waals surface area contributed by atoms with Crippen LogP contribution in [0.2, 0.25) is 0 Å². The lowest BCUT2D eigenvalue weighted by Gasteiger charge is -2.36. The number of nitrogens with one attached hydrogen (secondary N) is 1. The second kappa shape index (κ2) is 4.89. The van der Waals surface area contributed by atoms with E-state index in [1.165, 1.54) is 0 Å². The molecule has 0 radical (unpaired) electrons. The highest BCUT2D eigenvalue weighted by Gasteiger charge is 2.28. The fourth-order valence-corrected chi connectivity index (χ4v) is 2.50. The Labute approximate surface area is 118 Å². The van der Waals surface area contributed by atoms with Crippen molar-refractivity contribution >= 4 is 11.6 Å². The fraction of sp³-hybridized carbons (Fsp3) is 0.188. The van der Waals surface area contributed by atoms with Crippen LogP contribution in [0.15, 0.2) is 48.5 Å². The van der Waals surface area contributed by atoms with E-state index in [9.17, 15) is 4.79 Å². The molecule has 0 bridgehead atoms. The average molecular weight is 268 g/mol. The first-order chi connectivity index (χ1) is 9.70. The van der Waals surface area contributed by atoms with E-state index >= 15 is 0 Å². The molecule has 4 heteroatoms. The Balaban J connectivity index is 1.97. The molecule has 3 rings (SSSR count). The summed E-state index contributed by atoms with van der Waals surface area (Å²) in [5.74, 6) is 0.762. The second-order valence-corrected chi connectivity index (χ2v) is 4.78. The number of fused-ring (bicyclic) bond motifs is 1. The zero-order valence-corrected chi connectivity index (χ0v) is 11.5. The van der Waals surface area contributed by atoms with Crippen LogP contribution < -0.4 is 15.0 Å². The Morgan fingerprint density at radius 3 is 2.50 bits per heavy atom. The van der Waals surface area contributed by atoms with Gasteiger partial charge in [-0.15, -0.1) is 0 Å². The molecular weight excluding hydrogens is 252 g/mol. The summed E-state index contributed by atoms with van der Waals surface area (Å²) < 4.78 is 5.16. The van der Waals surface area contributed by atoms with Gasteiger partial charge in [0.25, 0.3) is 5.91 Å². The van der Waals surface area contributed by atoms with E-state index in [0.29, 0.717) is 5.56 Å². The number of para-hydroxylation sites is 1. The lowest BCUT2D eigenvalue weighted by molar-refractivity contribution is 0.0928. The third-order valence-corrected chi connectivity index (χ3v) is 3.62. The number of carbonyl (C=O) groups is 1. The molecule has 0 spiro atoms. The van der Waals surface area contributed by atoms with Crippen LogP contribution in [0.5, 0.6) is 5.75 Å². The monoisotopic (exact) mass is 268 g/mol. The summed E-state index contributed by atoms with van der Waals surface area (Å²) in [6.45, 7) is 0. The van der Waals surface area contributed by atoms with E-state index in [0.717, 1.165) is 17.0 Å². The molecule has 4 nitrogen and oxygen atoms in total. The van der Waals surface area contributed by atoms with E-state index in [-0.39, 0.29) is 12.1 Å². The van der Waals surface area contributed by atoms with Gasteiger partial charge in [0.05, 0.1) is 18.4 Å². The van der Waals surface area contributed by atoms with Gasteiger partial charge in [0.15, 0.2) is 0 Å². The highest BCUT2D eigenvalue weighted by Crippen LogP contribution is 2.31. The van der Waals surface area contributed by atoms with Crippen molar-refractivity contribution < 1.29 is 9.53 Å². The van der Waals surface area contributed by atoms with Crippen molar-refractivity contribution in [2.75, 3.05) is 19.1 Å². The molecular formula is C16H16N2O2. The topological polar surface area (TPSA) is 41.6 Å². The van der Waals surface area contributed by atoms with Gasteiger partial charge < -0.3 is 15.0 Å². The smallest absolute Gasteiger partial charge is 0.255 e. The van der Waals surface area contributed by atoms with Gasteiger partial charge >= 0.3 is 0 Å². The Morgan fingerprint density at radius 1 is 1.10 bits per heavy atom. The Morgan fingerprint density at radius 2 is 1.80 bits per heavy atom. The minimum Gasteiger partial charge on any atom is -0.497 e. The van der Waals surface area contributed by atoms with Gasteiger partial charge in [0, 0.05) is 7.05 Å². The highest BCUT2D eigenvalue weighted by atomic mass is 16.5. The van der Waals surface area contributed by atoms with Crippen molar-refractivity contribution in [1.82, 2.24) is 5.32 Å². The molecule has 1 atom stereocenters. The van der Waals surface area contributed by atoms with E-state index < -0.39 is 0 Å². The molecule has 102 valence electrons. The maximum Gasteiger partial charge on any atom is 0.255 e. The van der Waals surface area contributed by atoms with Crippen LogP contribution in [0, 0.1) is 0 Å². The molecule has 0 saturated heterocycles. The van der Waals surface area contributed by atoms with Crippen LogP contribution in [0.3, 0.4) is 0 Å². The van der Waals surface area contributed by atoms with Crippen LogP contribution in [-0.2, 0) is 0 Å². The SMILES string of the molecule is COc1ccc([C@@H]2NC(=O)c3ccccc3N2C)cc1. The molecule has 20 heavy (non-hydrogen) atoms. The number of benzene rings is 2.